The molecule has 2 aromatic carbocycles. The number of benzene rings is 2. The lowest BCUT2D eigenvalue weighted by Crippen LogP contribution is -3.13. The van der Waals surface area contributed by atoms with E-state index in [9.17, 15) is 4.79 Å². The number of hydrogen-bond donors (Lipinski definition) is 3. The summed E-state index contributed by atoms with van der Waals surface area (Å²) in [6.45, 7) is 6.12. The van der Waals surface area contributed by atoms with Gasteiger partial charge < -0.3 is 15.1 Å². The fourth-order valence-electron chi connectivity index (χ4n) is 4.34. The number of anilines is 1. The first-order valence-corrected chi connectivity index (χ1v) is 10.6. The molecule has 3 N–H and O–H groups in total. The quantitative estimate of drug-likeness (QED) is 0.695. The molecule has 0 aromatic heterocycles. The Morgan fingerprint density at radius 2 is 1.64 bits per heavy atom. The van der Waals surface area contributed by atoms with Crippen LogP contribution in [0.15, 0.2) is 60.7 Å². The Morgan fingerprint density at radius 1 is 0.893 bits per heavy atom. The van der Waals surface area contributed by atoms with Crippen LogP contribution < -0.4 is 15.1 Å². The molecule has 146 valence electrons. The lowest BCUT2D eigenvalue weighted by atomic mass is 10.00. The second-order valence-electron chi connectivity index (χ2n) is 8.11. The van der Waals surface area contributed by atoms with Crippen LogP contribution in [-0.2, 0) is 11.3 Å². The predicted octanol–water partition coefficient (Wildman–Crippen LogP) is 1.18. The summed E-state index contributed by atoms with van der Waals surface area (Å²) in [6.07, 6.45) is 6.02. The van der Waals surface area contributed by atoms with Crippen LogP contribution in [0.25, 0.3) is 5.57 Å². The van der Waals surface area contributed by atoms with Gasteiger partial charge in [0.2, 0.25) is 0 Å². The average molecular weight is 378 g/mol. The van der Waals surface area contributed by atoms with E-state index >= 15 is 0 Å². The highest BCUT2D eigenvalue weighted by Crippen LogP contribution is 2.17. The van der Waals surface area contributed by atoms with E-state index in [0.29, 0.717) is 6.54 Å². The minimum Gasteiger partial charge on any atom is -0.331 e. The lowest BCUT2D eigenvalue weighted by molar-refractivity contribution is -0.901. The maximum absolute atomic E-state index is 12.4. The van der Waals surface area contributed by atoms with Crippen molar-refractivity contribution in [2.45, 2.75) is 25.8 Å². The normalized spacial score (nSPS) is 20.0. The molecule has 4 rings (SSSR count). The Bertz CT molecular complexity index is 808. The van der Waals surface area contributed by atoms with E-state index in [0.717, 1.165) is 31.7 Å². The van der Waals surface area contributed by atoms with Crippen LogP contribution >= 0.6 is 0 Å². The van der Waals surface area contributed by atoms with Gasteiger partial charge in [-0.2, -0.15) is 0 Å². The second-order valence-corrected chi connectivity index (χ2v) is 8.11. The van der Waals surface area contributed by atoms with E-state index < -0.39 is 0 Å². The zero-order chi connectivity index (χ0) is 19.2. The number of carbonyl (C=O) groups excluding carboxylic acids is 1. The fourth-order valence-corrected chi connectivity index (χ4v) is 4.34. The molecule has 1 saturated heterocycles. The SMILES string of the molecule is O=C(C[NH+]1CC=C(c2ccccc2)CC1)Nc1ccc(C[NH+]2CCCC2)cc1. The van der Waals surface area contributed by atoms with Crippen molar-refractivity contribution in [2.24, 2.45) is 0 Å². The molecule has 0 aliphatic carbocycles. The van der Waals surface area contributed by atoms with Crippen molar-refractivity contribution < 1.29 is 14.6 Å². The third-order valence-corrected chi connectivity index (χ3v) is 5.94. The number of hydrogen-bond acceptors (Lipinski definition) is 1. The Morgan fingerprint density at radius 3 is 2.32 bits per heavy atom. The number of amides is 1. The number of nitrogens with one attached hydrogen (secondary N) is 3. The largest absolute Gasteiger partial charge is 0.331 e. The van der Waals surface area contributed by atoms with Crippen molar-refractivity contribution in [1.29, 1.82) is 0 Å². The standard InChI is InChI=1S/C24H29N3O/c28-24(19-27-16-12-22(13-17-27)21-6-2-1-3-7-21)25-23-10-8-20(9-11-23)18-26-14-4-5-15-26/h1-3,6-12H,4-5,13-19H2,(H,25,28)/p+2. The third kappa shape index (κ3) is 5.09. The maximum atomic E-state index is 12.4. The molecule has 2 aliphatic heterocycles. The summed E-state index contributed by atoms with van der Waals surface area (Å²) >= 11 is 0. The first kappa shape index (κ1) is 18.9. The highest BCUT2D eigenvalue weighted by molar-refractivity contribution is 5.91. The monoisotopic (exact) mass is 377 g/mol. The smallest absolute Gasteiger partial charge is 0.279 e. The maximum Gasteiger partial charge on any atom is 0.279 e. The first-order valence-electron chi connectivity index (χ1n) is 10.6. The Balaban J connectivity index is 1.25. The molecular formula is C24H31N3O+2. The van der Waals surface area contributed by atoms with Gasteiger partial charge in [0.05, 0.1) is 26.2 Å². The number of quaternary nitrogens is 2. The molecule has 2 aromatic rings. The molecule has 2 aliphatic rings. The van der Waals surface area contributed by atoms with Gasteiger partial charge >= 0.3 is 0 Å². The number of rotatable bonds is 6. The molecule has 1 amide bonds. The van der Waals surface area contributed by atoms with E-state index in [-0.39, 0.29) is 5.91 Å². The molecular weight excluding hydrogens is 346 g/mol. The van der Waals surface area contributed by atoms with Gasteiger partial charge in [0.25, 0.3) is 5.91 Å². The van der Waals surface area contributed by atoms with Gasteiger partial charge in [-0.25, -0.2) is 0 Å². The van der Waals surface area contributed by atoms with Gasteiger partial charge in [0.15, 0.2) is 6.54 Å². The van der Waals surface area contributed by atoms with Crippen LogP contribution in [0.2, 0.25) is 0 Å². The third-order valence-electron chi connectivity index (χ3n) is 5.94. The summed E-state index contributed by atoms with van der Waals surface area (Å²) in [6, 6.07) is 18.9. The van der Waals surface area contributed by atoms with Crippen molar-refractivity contribution in [3.63, 3.8) is 0 Å². The minimum atomic E-state index is 0.101. The van der Waals surface area contributed by atoms with Crippen LogP contribution in [0.1, 0.15) is 30.4 Å². The van der Waals surface area contributed by atoms with Crippen LogP contribution in [-0.4, -0.2) is 38.6 Å². The molecule has 0 spiro atoms. The highest BCUT2D eigenvalue weighted by Gasteiger charge is 2.19. The Hall–Kier alpha value is -2.43. The van der Waals surface area contributed by atoms with Gasteiger partial charge in [0, 0.05) is 30.5 Å². The molecule has 4 nitrogen and oxygen atoms in total. The summed E-state index contributed by atoms with van der Waals surface area (Å²) in [4.78, 5) is 15.4. The predicted molar refractivity (Wildman–Crippen MR) is 113 cm³/mol. The fraction of sp³-hybridized carbons (Fsp3) is 0.375. The molecule has 2 heterocycles. The lowest BCUT2D eigenvalue weighted by Gasteiger charge is -2.23. The molecule has 1 fully saturated rings. The molecule has 0 bridgehead atoms. The molecule has 1 unspecified atom stereocenters. The van der Waals surface area contributed by atoms with Gasteiger partial charge in [-0.05, 0) is 29.3 Å². The molecule has 0 radical (unpaired) electrons. The van der Waals surface area contributed by atoms with Crippen molar-refractivity contribution in [1.82, 2.24) is 0 Å². The second kappa shape index (κ2) is 9.18. The summed E-state index contributed by atoms with van der Waals surface area (Å²) < 4.78 is 0. The summed E-state index contributed by atoms with van der Waals surface area (Å²) in [5, 5.41) is 3.07. The van der Waals surface area contributed by atoms with Crippen molar-refractivity contribution in [3.8, 4) is 0 Å². The van der Waals surface area contributed by atoms with Crippen LogP contribution in [0.3, 0.4) is 0 Å². The van der Waals surface area contributed by atoms with Crippen LogP contribution in [0.5, 0.6) is 0 Å². The van der Waals surface area contributed by atoms with Gasteiger partial charge in [-0.3, -0.25) is 4.79 Å². The topological polar surface area (TPSA) is 38.0 Å². The van der Waals surface area contributed by atoms with Crippen LogP contribution in [0.4, 0.5) is 5.69 Å². The summed E-state index contributed by atoms with van der Waals surface area (Å²) in [7, 11) is 0. The molecule has 4 heteroatoms. The van der Waals surface area contributed by atoms with E-state index in [1.807, 2.05) is 12.1 Å². The van der Waals surface area contributed by atoms with Gasteiger partial charge in [-0.15, -0.1) is 0 Å². The summed E-state index contributed by atoms with van der Waals surface area (Å²) in [5.41, 5.74) is 4.97. The van der Waals surface area contributed by atoms with Crippen LogP contribution in [0, 0.1) is 0 Å². The number of carbonyl (C=O) groups is 1. The van der Waals surface area contributed by atoms with Crippen molar-refractivity contribution in [2.75, 3.05) is 38.0 Å². The first-order chi connectivity index (χ1) is 13.8. The van der Waals surface area contributed by atoms with E-state index in [1.165, 1.54) is 47.5 Å². The molecule has 1 atom stereocenters. The van der Waals surface area contributed by atoms with E-state index in [1.54, 1.807) is 4.90 Å². The zero-order valence-corrected chi connectivity index (χ0v) is 16.5. The molecule has 0 saturated carbocycles. The van der Waals surface area contributed by atoms with Crippen molar-refractivity contribution >= 4 is 17.2 Å². The van der Waals surface area contributed by atoms with Crippen molar-refractivity contribution in [3.05, 3.63) is 71.8 Å². The molecule has 28 heavy (non-hydrogen) atoms. The van der Waals surface area contributed by atoms with E-state index in [4.69, 9.17) is 0 Å². The highest BCUT2D eigenvalue weighted by atomic mass is 16.2. The Labute approximate surface area is 167 Å². The van der Waals surface area contributed by atoms with Gasteiger partial charge in [0.1, 0.15) is 6.54 Å². The average Bonchev–Trinajstić information content (AvgIpc) is 3.24. The van der Waals surface area contributed by atoms with Gasteiger partial charge in [-0.1, -0.05) is 42.5 Å². The Kier molecular flexibility index (Phi) is 6.20. The zero-order valence-electron chi connectivity index (χ0n) is 16.5. The summed E-state index contributed by atoms with van der Waals surface area (Å²) in [5.74, 6) is 0.101. The van der Waals surface area contributed by atoms with E-state index in [2.05, 4.69) is 53.9 Å². The minimum absolute atomic E-state index is 0.101. The number of likely N-dealkylation sites (tertiary alicyclic amines) is 1.